The monoisotopic (exact) mass is 912 g/mol. The standard InChI is InChI=1S/C61H44.C7H9N.CH3N/c1-2-19-41(22-16-23-42-20-4-3-5-21-42)24-17-26-43-27-18-37-56-58(43)59-49-40-44-25-6-7-28-45(44)46(49)38-39-57(59)61(56)54-35-14-12-33-52(54)60(53-34-13-15-36-55(53)61)50-31-10-8-29-47(50)48-30-9-11-32-51(48)60;8-6-7-4-2-1-3-5-7;1-2/h2-23,25-39H,24,40H2,1H3;1-5H,6,8H2;2H,1H2/b19-2-,23-16+,26-17+,41-22+;;. The SMILES string of the molecule is C=N.C\C=C/C(=C\C=C\c1ccccc1)C/C=C/c1cccc2c1-c1c(ccc3c1Cc1ccccc1-3)C21c2ccccc2C2(c3ccccc3-c3ccccc32)c2ccccc21.NCc1ccccc1. The molecule has 2 nitrogen and oxygen atoms in total. The molecule has 9 aromatic carbocycles. The van der Waals surface area contributed by atoms with Crippen molar-refractivity contribution >= 4 is 18.9 Å². The minimum Gasteiger partial charge on any atom is -0.326 e. The van der Waals surface area contributed by atoms with Crippen LogP contribution >= 0.6 is 0 Å². The summed E-state index contributed by atoms with van der Waals surface area (Å²) in [6.07, 6.45) is 17.5. The first-order valence-corrected chi connectivity index (χ1v) is 24.8. The van der Waals surface area contributed by atoms with Gasteiger partial charge in [-0.2, -0.15) is 0 Å². The average Bonchev–Trinajstić information content (AvgIpc) is 4.07. The maximum absolute atomic E-state index is 5.50. The maximum atomic E-state index is 5.50. The van der Waals surface area contributed by atoms with Crippen LogP contribution in [-0.4, -0.2) is 6.72 Å². The molecule has 0 radical (unpaired) electrons. The first-order valence-electron chi connectivity index (χ1n) is 24.8. The molecule has 0 fully saturated rings. The summed E-state index contributed by atoms with van der Waals surface area (Å²) in [6.45, 7) is 5.24. The topological polar surface area (TPSA) is 49.9 Å². The van der Waals surface area contributed by atoms with Crippen molar-refractivity contribution in [1.29, 1.82) is 5.41 Å². The van der Waals surface area contributed by atoms with Crippen molar-refractivity contribution in [2.45, 2.75) is 37.1 Å². The van der Waals surface area contributed by atoms with E-state index < -0.39 is 10.8 Å². The number of fused-ring (bicyclic) bond motifs is 20. The second kappa shape index (κ2) is 19.2. The third-order valence-corrected chi connectivity index (χ3v) is 15.1. The largest absolute Gasteiger partial charge is 0.326 e. The summed E-state index contributed by atoms with van der Waals surface area (Å²) >= 11 is 0. The number of nitrogens with one attached hydrogen (secondary N) is 1. The first kappa shape index (κ1) is 45.0. The molecule has 3 N–H and O–H groups in total. The molecule has 0 saturated heterocycles. The van der Waals surface area contributed by atoms with E-state index in [1.54, 1.807) is 0 Å². The summed E-state index contributed by atoms with van der Waals surface area (Å²) in [5.41, 5.74) is 31.3. The molecule has 0 saturated carbocycles. The molecule has 0 aliphatic heterocycles. The Morgan fingerprint density at radius 1 is 0.493 bits per heavy atom. The van der Waals surface area contributed by atoms with Crippen LogP contribution in [0.25, 0.3) is 45.5 Å². The second-order valence-electron chi connectivity index (χ2n) is 18.6. The van der Waals surface area contributed by atoms with Crippen LogP contribution in [0, 0.1) is 5.41 Å². The van der Waals surface area contributed by atoms with Gasteiger partial charge >= 0.3 is 0 Å². The number of hydrogen-bond donors (Lipinski definition) is 2. The minimum atomic E-state index is -0.526. The van der Waals surface area contributed by atoms with Gasteiger partial charge < -0.3 is 11.1 Å². The van der Waals surface area contributed by atoms with Crippen LogP contribution in [0.15, 0.2) is 248 Å². The Labute approximate surface area is 419 Å². The lowest BCUT2D eigenvalue weighted by Crippen LogP contribution is -2.43. The lowest BCUT2D eigenvalue weighted by Gasteiger charge is -2.48. The van der Waals surface area contributed by atoms with Gasteiger partial charge in [-0.25, -0.2) is 0 Å². The van der Waals surface area contributed by atoms with Crippen LogP contribution in [-0.2, 0) is 23.8 Å². The first-order chi connectivity index (χ1) is 35.2. The van der Waals surface area contributed by atoms with Gasteiger partial charge in [-0.05, 0) is 138 Å². The fourth-order valence-corrected chi connectivity index (χ4v) is 12.4. The van der Waals surface area contributed by atoms with Crippen LogP contribution in [0.4, 0.5) is 0 Å². The number of benzene rings is 9. The predicted molar refractivity (Wildman–Crippen MR) is 299 cm³/mol. The molecule has 0 unspecified atom stereocenters. The lowest BCUT2D eigenvalue weighted by atomic mass is 9.52. The van der Waals surface area contributed by atoms with Crippen LogP contribution in [0.3, 0.4) is 0 Å². The normalized spacial score (nSPS) is 14.4. The Hall–Kier alpha value is -8.43. The van der Waals surface area contributed by atoms with E-state index in [9.17, 15) is 0 Å². The molecule has 0 heterocycles. The molecule has 2 spiro atoms. The molecule has 9 aromatic rings. The molecule has 0 atom stereocenters. The van der Waals surface area contributed by atoms with E-state index >= 15 is 0 Å². The highest BCUT2D eigenvalue weighted by atomic mass is 14.6. The van der Waals surface area contributed by atoms with Gasteiger partial charge in [-0.15, -0.1) is 0 Å². The quantitative estimate of drug-likeness (QED) is 0.121. The fraction of sp³-hybridized carbons (Fsp3) is 0.0870. The highest BCUT2D eigenvalue weighted by molar-refractivity contribution is 5.99. The lowest BCUT2D eigenvalue weighted by molar-refractivity contribution is 0.632. The molecule has 13 rings (SSSR count). The molecule has 2 heteroatoms. The summed E-state index contributed by atoms with van der Waals surface area (Å²) in [5, 5.41) is 5.50. The molecule has 0 aromatic heterocycles. The fourth-order valence-electron chi connectivity index (χ4n) is 12.4. The number of nitrogens with two attached hydrogens (primary N) is 1. The third-order valence-electron chi connectivity index (χ3n) is 15.1. The number of rotatable bonds is 7. The van der Waals surface area contributed by atoms with Gasteiger partial charge in [0.2, 0.25) is 0 Å². The van der Waals surface area contributed by atoms with Gasteiger partial charge in [-0.3, -0.25) is 0 Å². The smallest absolute Gasteiger partial charge is 0.0720 e. The Morgan fingerprint density at radius 2 is 1.00 bits per heavy atom. The molecule has 4 aliphatic rings. The Kier molecular flexibility index (Phi) is 12.2. The van der Waals surface area contributed by atoms with Gasteiger partial charge in [0.15, 0.2) is 0 Å². The Bertz CT molecular complexity index is 3470. The van der Waals surface area contributed by atoms with Gasteiger partial charge in [0.25, 0.3) is 0 Å². The zero-order valence-electron chi connectivity index (χ0n) is 40.2. The van der Waals surface area contributed by atoms with E-state index in [1.165, 1.54) is 111 Å². The minimum absolute atomic E-state index is 0.455. The zero-order chi connectivity index (χ0) is 48.4. The van der Waals surface area contributed by atoms with Crippen LogP contribution in [0.2, 0.25) is 0 Å². The third kappa shape index (κ3) is 7.17. The highest BCUT2D eigenvalue weighted by Crippen LogP contribution is 2.68. The zero-order valence-corrected chi connectivity index (χ0v) is 40.2. The van der Waals surface area contributed by atoms with Crippen molar-refractivity contribution in [1.82, 2.24) is 0 Å². The van der Waals surface area contributed by atoms with Gasteiger partial charge in [0.1, 0.15) is 0 Å². The predicted octanol–water partition coefficient (Wildman–Crippen LogP) is 16.3. The number of allylic oxidation sites excluding steroid dienone is 6. The van der Waals surface area contributed by atoms with Crippen LogP contribution in [0.5, 0.6) is 0 Å². The maximum Gasteiger partial charge on any atom is 0.0720 e. The summed E-state index contributed by atoms with van der Waals surface area (Å²) in [6, 6.07) is 78.8. The Balaban J connectivity index is 0.000000496. The van der Waals surface area contributed by atoms with Crippen LogP contribution < -0.4 is 5.73 Å². The summed E-state index contributed by atoms with van der Waals surface area (Å²) in [7, 11) is 0. The van der Waals surface area contributed by atoms with E-state index in [-0.39, 0.29) is 0 Å². The second-order valence-corrected chi connectivity index (χ2v) is 18.6. The number of hydrogen-bond acceptors (Lipinski definition) is 2. The molecule has 0 amide bonds. The van der Waals surface area contributed by atoms with Gasteiger partial charge in [0, 0.05) is 6.54 Å². The van der Waals surface area contributed by atoms with Crippen molar-refractivity contribution < 1.29 is 0 Å². The molecule has 0 bridgehead atoms. The van der Waals surface area contributed by atoms with E-state index in [0.29, 0.717) is 6.54 Å². The van der Waals surface area contributed by atoms with E-state index in [0.717, 1.165) is 12.8 Å². The summed E-state index contributed by atoms with van der Waals surface area (Å²) < 4.78 is 0. The van der Waals surface area contributed by atoms with Crippen molar-refractivity contribution in [3.63, 3.8) is 0 Å². The average molecular weight is 913 g/mol. The summed E-state index contributed by atoms with van der Waals surface area (Å²) in [4.78, 5) is 0. The van der Waals surface area contributed by atoms with Crippen molar-refractivity contribution in [2.24, 2.45) is 5.73 Å². The van der Waals surface area contributed by atoms with E-state index in [1.807, 2.05) is 30.3 Å². The van der Waals surface area contributed by atoms with E-state index in [4.69, 9.17) is 11.1 Å². The molecular formula is C69H56N2. The van der Waals surface area contributed by atoms with Gasteiger partial charge in [-0.1, -0.05) is 255 Å². The van der Waals surface area contributed by atoms with Crippen molar-refractivity contribution in [2.75, 3.05) is 0 Å². The van der Waals surface area contributed by atoms with Gasteiger partial charge in [0.05, 0.1) is 10.8 Å². The molecule has 4 aliphatic carbocycles. The van der Waals surface area contributed by atoms with Crippen molar-refractivity contribution in [3.05, 3.63) is 321 Å². The van der Waals surface area contributed by atoms with Crippen molar-refractivity contribution in [3.8, 4) is 33.4 Å². The highest BCUT2D eigenvalue weighted by Gasteiger charge is 2.59. The molecule has 71 heavy (non-hydrogen) atoms. The molecule has 342 valence electrons. The van der Waals surface area contributed by atoms with Crippen LogP contribution in [0.1, 0.15) is 85.7 Å². The van der Waals surface area contributed by atoms with E-state index in [2.05, 4.69) is 238 Å². The summed E-state index contributed by atoms with van der Waals surface area (Å²) in [5.74, 6) is 0. The Morgan fingerprint density at radius 3 is 1.59 bits per heavy atom. The molecular weight excluding hydrogens is 857 g/mol.